The predicted molar refractivity (Wildman–Crippen MR) is 133 cm³/mol. The number of hydrogen-bond acceptors (Lipinski definition) is 5. The Morgan fingerprint density at radius 2 is 1.82 bits per heavy atom. The number of urea groups is 1. The average Bonchev–Trinajstić information content (AvgIpc) is 2.80. The molecule has 2 aromatic rings. The van der Waals surface area contributed by atoms with Crippen molar-refractivity contribution in [2.24, 2.45) is 0 Å². The summed E-state index contributed by atoms with van der Waals surface area (Å²) in [7, 11) is 1.48. The van der Waals surface area contributed by atoms with Crippen molar-refractivity contribution >= 4 is 52.8 Å². The molecular weight excluding hydrogens is 479 g/mol. The van der Waals surface area contributed by atoms with Crippen LogP contribution in [0, 0.1) is 6.92 Å². The van der Waals surface area contributed by atoms with Crippen LogP contribution in [-0.4, -0.2) is 31.6 Å². The van der Waals surface area contributed by atoms with Gasteiger partial charge in [-0.25, -0.2) is 9.69 Å². The van der Waals surface area contributed by atoms with Gasteiger partial charge < -0.3 is 9.47 Å². The van der Waals surface area contributed by atoms with Gasteiger partial charge in [-0.15, -0.1) is 0 Å². The predicted octanol–water partition coefficient (Wildman–Crippen LogP) is 5.94. The van der Waals surface area contributed by atoms with Gasteiger partial charge in [-0.2, -0.15) is 0 Å². The molecule has 0 unspecified atom stereocenters. The molecule has 7 nitrogen and oxygen atoms in total. The van der Waals surface area contributed by atoms with E-state index in [1.807, 2.05) is 0 Å². The number of carbonyl (C=O) groups excluding carboxylic acids is 3. The third-order valence-corrected chi connectivity index (χ3v) is 6.08. The highest BCUT2D eigenvalue weighted by Crippen LogP contribution is 2.37. The molecule has 0 spiro atoms. The second kappa shape index (κ2) is 11.4. The van der Waals surface area contributed by atoms with Crippen LogP contribution in [0.5, 0.6) is 11.5 Å². The van der Waals surface area contributed by atoms with Crippen LogP contribution in [0.1, 0.15) is 43.7 Å². The van der Waals surface area contributed by atoms with Crippen molar-refractivity contribution in [2.45, 2.75) is 39.5 Å². The monoisotopic (exact) mass is 504 g/mol. The molecule has 3 rings (SSSR count). The van der Waals surface area contributed by atoms with Gasteiger partial charge in [0.15, 0.2) is 11.5 Å². The SMILES string of the molecule is CCCCCCOc1c(Cl)cc(/C=C2/C(=O)NC(=O)N(c3cccc(Cl)c3C)C2=O)cc1OC. The largest absolute Gasteiger partial charge is 0.493 e. The first-order valence-corrected chi connectivity index (χ1v) is 11.7. The standard InChI is InChI=1S/C25H26Cl2N2O5/c1-4-5-6-7-11-34-22-19(27)13-16(14-21(22)33-3)12-17-23(30)28-25(32)29(24(17)31)20-10-8-9-18(26)15(20)2/h8-10,12-14H,4-7,11H2,1-3H3,(H,28,30,32)/b17-12-. The lowest BCUT2D eigenvalue weighted by molar-refractivity contribution is -0.122. The number of rotatable bonds is 9. The molecule has 1 saturated heterocycles. The van der Waals surface area contributed by atoms with Crippen molar-refractivity contribution < 1.29 is 23.9 Å². The lowest BCUT2D eigenvalue weighted by Gasteiger charge is -2.27. The topological polar surface area (TPSA) is 84.9 Å². The van der Waals surface area contributed by atoms with Gasteiger partial charge in [0.2, 0.25) is 0 Å². The van der Waals surface area contributed by atoms with Gasteiger partial charge in [0, 0.05) is 5.02 Å². The van der Waals surface area contributed by atoms with E-state index in [4.69, 9.17) is 32.7 Å². The quantitative estimate of drug-likeness (QED) is 0.259. The zero-order valence-electron chi connectivity index (χ0n) is 19.2. The molecule has 0 aliphatic carbocycles. The zero-order valence-corrected chi connectivity index (χ0v) is 20.8. The van der Waals surface area contributed by atoms with Crippen LogP contribution in [0.3, 0.4) is 0 Å². The number of barbiturate groups is 1. The van der Waals surface area contributed by atoms with E-state index >= 15 is 0 Å². The maximum absolute atomic E-state index is 13.2. The Hall–Kier alpha value is -3.03. The number of nitrogens with one attached hydrogen (secondary N) is 1. The molecule has 9 heteroatoms. The van der Waals surface area contributed by atoms with E-state index in [0.717, 1.165) is 30.6 Å². The highest BCUT2D eigenvalue weighted by atomic mass is 35.5. The van der Waals surface area contributed by atoms with Gasteiger partial charge in [-0.3, -0.25) is 14.9 Å². The molecule has 1 aliphatic rings. The fourth-order valence-electron chi connectivity index (χ4n) is 3.55. The van der Waals surface area contributed by atoms with E-state index in [-0.39, 0.29) is 16.3 Å². The van der Waals surface area contributed by atoms with Crippen molar-refractivity contribution in [1.29, 1.82) is 0 Å². The van der Waals surface area contributed by atoms with E-state index < -0.39 is 17.8 Å². The Morgan fingerprint density at radius 3 is 2.53 bits per heavy atom. The minimum atomic E-state index is -0.847. The summed E-state index contributed by atoms with van der Waals surface area (Å²) in [6.07, 6.45) is 5.56. The summed E-state index contributed by atoms with van der Waals surface area (Å²) < 4.78 is 11.2. The number of amides is 4. The van der Waals surface area contributed by atoms with Crippen LogP contribution in [0.2, 0.25) is 10.0 Å². The Kier molecular flexibility index (Phi) is 8.58. The van der Waals surface area contributed by atoms with Crippen molar-refractivity contribution in [3.63, 3.8) is 0 Å². The number of benzene rings is 2. The lowest BCUT2D eigenvalue weighted by Crippen LogP contribution is -2.54. The number of hydrogen-bond donors (Lipinski definition) is 1. The van der Waals surface area contributed by atoms with Crippen LogP contribution < -0.4 is 19.7 Å². The maximum atomic E-state index is 13.2. The Balaban J connectivity index is 1.92. The third kappa shape index (κ3) is 5.54. The number of ether oxygens (including phenoxy) is 2. The summed E-state index contributed by atoms with van der Waals surface area (Å²) in [5.74, 6) is -0.812. The summed E-state index contributed by atoms with van der Waals surface area (Å²) in [6, 6.07) is 7.20. The Bertz CT molecular complexity index is 1150. The first-order valence-electron chi connectivity index (χ1n) is 10.9. The molecular formula is C25H26Cl2N2O5. The first-order chi connectivity index (χ1) is 16.3. The molecule has 2 aromatic carbocycles. The van der Waals surface area contributed by atoms with Crippen molar-refractivity contribution in [3.05, 3.63) is 57.1 Å². The molecule has 34 heavy (non-hydrogen) atoms. The molecule has 4 amide bonds. The number of halogens is 2. The fourth-order valence-corrected chi connectivity index (χ4v) is 3.99. The van der Waals surface area contributed by atoms with Crippen LogP contribution in [0.4, 0.5) is 10.5 Å². The van der Waals surface area contributed by atoms with Gasteiger partial charge in [-0.05, 0) is 54.8 Å². The maximum Gasteiger partial charge on any atom is 0.335 e. The van der Waals surface area contributed by atoms with Gasteiger partial charge in [0.05, 0.1) is 24.4 Å². The molecule has 0 atom stereocenters. The summed E-state index contributed by atoms with van der Waals surface area (Å²) in [5.41, 5.74) is 1.03. The van der Waals surface area contributed by atoms with Gasteiger partial charge in [0.25, 0.3) is 11.8 Å². The summed E-state index contributed by atoms with van der Waals surface area (Å²) in [5, 5.41) is 2.87. The van der Waals surface area contributed by atoms with Crippen LogP contribution >= 0.6 is 23.2 Å². The third-order valence-electron chi connectivity index (χ3n) is 5.39. The first kappa shape index (κ1) is 25.6. The van der Waals surface area contributed by atoms with E-state index in [2.05, 4.69) is 12.2 Å². The summed E-state index contributed by atoms with van der Waals surface area (Å²) in [6.45, 7) is 4.31. The summed E-state index contributed by atoms with van der Waals surface area (Å²) in [4.78, 5) is 39.1. The molecule has 180 valence electrons. The fraction of sp³-hybridized carbons (Fsp3) is 0.320. The lowest BCUT2D eigenvalue weighted by atomic mass is 10.1. The molecule has 1 fully saturated rings. The van der Waals surface area contributed by atoms with Crippen molar-refractivity contribution in [1.82, 2.24) is 5.32 Å². The number of imide groups is 2. The molecule has 0 bridgehead atoms. The zero-order chi connectivity index (χ0) is 24.8. The Labute approximate surface area is 208 Å². The highest BCUT2D eigenvalue weighted by molar-refractivity contribution is 6.40. The number of unbranched alkanes of at least 4 members (excludes halogenated alkanes) is 3. The smallest absolute Gasteiger partial charge is 0.335 e. The Morgan fingerprint density at radius 1 is 1.06 bits per heavy atom. The second-order valence-electron chi connectivity index (χ2n) is 7.79. The summed E-state index contributed by atoms with van der Waals surface area (Å²) >= 11 is 12.6. The van der Waals surface area contributed by atoms with Crippen molar-refractivity contribution in [2.75, 3.05) is 18.6 Å². The van der Waals surface area contributed by atoms with E-state index in [0.29, 0.717) is 34.3 Å². The van der Waals surface area contributed by atoms with Gasteiger partial charge in [-0.1, -0.05) is 55.5 Å². The highest BCUT2D eigenvalue weighted by Gasteiger charge is 2.37. The molecule has 1 aliphatic heterocycles. The minimum absolute atomic E-state index is 0.231. The number of carbonyl (C=O) groups is 3. The molecule has 0 saturated carbocycles. The minimum Gasteiger partial charge on any atom is -0.493 e. The van der Waals surface area contributed by atoms with Crippen LogP contribution in [0.25, 0.3) is 6.08 Å². The van der Waals surface area contributed by atoms with Gasteiger partial charge >= 0.3 is 6.03 Å². The van der Waals surface area contributed by atoms with E-state index in [1.165, 1.54) is 13.2 Å². The molecule has 0 aromatic heterocycles. The number of nitrogens with zero attached hydrogens (tertiary/aromatic N) is 1. The number of methoxy groups -OCH3 is 1. The van der Waals surface area contributed by atoms with E-state index in [1.54, 1.807) is 37.3 Å². The van der Waals surface area contributed by atoms with E-state index in [9.17, 15) is 14.4 Å². The normalized spacial score (nSPS) is 15.0. The second-order valence-corrected chi connectivity index (χ2v) is 8.60. The molecule has 0 radical (unpaired) electrons. The number of anilines is 1. The van der Waals surface area contributed by atoms with Crippen LogP contribution in [0.15, 0.2) is 35.9 Å². The van der Waals surface area contributed by atoms with Crippen LogP contribution in [-0.2, 0) is 9.59 Å². The van der Waals surface area contributed by atoms with Gasteiger partial charge in [0.1, 0.15) is 5.57 Å². The molecule has 1 heterocycles. The van der Waals surface area contributed by atoms with Crippen molar-refractivity contribution in [3.8, 4) is 11.5 Å². The average molecular weight is 505 g/mol. The molecule has 1 N–H and O–H groups in total.